The number of H-pyrrole nitrogens is 1. The van der Waals surface area contributed by atoms with E-state index < -0.39 is 0 Å². The molecule has 1 amide bonds. The van der Waals surface area contributed by atoms with Crippen LogP contribution in [0.4, 0.5) is 0 Å². The maximum atomic E-state index is 13.7. The van der Waals surface area contributed by atoms with E-state index in [2.05, 4.69) is 84.2 Å². The van der Waals surface area contributed by atoms with Gasteiger partial charge in [0, 0.05) is 53.6 Å². The second-order valence-corrected chi connectivity index (χ2v) is 10.2. The monoisotopic (exact) mass is 498 g/mol. The van der Waals surface area contributed by atoms with E-state index in [1.807, 2.05) is 26.0 Å². The van der Waals surface area contributed by atoms with E-state index in [1.165, 1.54) is 5.56 Å². The van der Waals surface area contributed by atoms with Crippen molar-refractivity contribution in [3.05, 3.63) is 92.5 Å². The van der Waals surface area contributed by atoms with Crippen molar-refractivity contribution in [2.45, 2.75) is 60.2 Å². The van der Waals surface area contributed by atoms with Crippen LogP contribution >= 0.6 is 0 Å². The number of nitrogens with one attached hydrogen (secondary N) is 2. The summed E-state index contributed by atoms with van der Waals surface area (Å²) in [6.45, 7) is 10.0. The third kappa shape index (κ3) is 5.70. The van der Waals surface area contributed by atoms with Gasteiger partial charge in [-0.25, -0.2) is 0 Å². The Kier molecular flexibility index (Phi) is 7.98. The minimum atomic E-state index is -0.171. The highest BCUT2D eigenvalue weighted by molar-refractivity contribution is 6.09. The van der Waals surface area contributed by atoms with Gasteiger partial charge in [-0.1, -0.05) is 32.0 Å². The maximum absolute atomic E-state index is 13.7. The molecule has 0 radical (unpaired) electrons. The molecule has 0 aliphatic rings. The van der Waals surface area contributed by atoms with Gasteiger partial charge in [0.15, 0.2) is 0 Å². The highest BCUT2D eigenvalue weighted by Gasteiger charge is 2.19. The Morgan fingerprint density at radius 2 is 1.84 bits per heavy atom. The Morgan fingerprint density at radius 3 is 2.54 bits per heavy atom. The fourth-order valence-electron chi connectivity index (χ4n) is 5.18. The number of amides is 1. The minimum absolute atomic E-state index is 0.140. The van der Waals surface area contributed by atoms with Crippen molar-refractivity contribution in [2.75, 3.05) is 14.1 Å². The second kappa shape index (κ2) is 11.2. The van der Waals surface area contributed by atoms with Crippen LogP contribution in [-0.2, 0) is 26.1 Å². The number of aromatic nitrogens is 2. The Bertz CT molecular complexity index is 1490. The molecule has 4 rings (SSSR count). The molecule has 0 saturated heterocycles. The summed E-state index contributed by atoms with van der Waals surface area (Å²) in [6.07, 6.45) is 3.87. The average Bonchev–Trinajstić information content (AvgIpc) is 3.17. The standard InChI is InChI=1S/C31H38N4O2/c1-7-12-35-18-20(3)29-26(30(36)32-17-27-23(8-2)13-21(4)33-31(27)37)15-25(16-28(29)35)24-11-9-10-22(14-24)19-34(5)6/h9-11,13-16,18H,7-8,12,17,19H2,1-6H3,(H,32,36)(H,33,37). The summed E-state index contributed by atoms with van der Waals surface area (Å²) in [5, 5.41) is 4.02. The lowest BCUT2D eigenvalue weighted by Gasteiger charge is -2.14. The molecule has 0 fully saturated rings. The lowest BCUT2D eigenvalue weighted by Crippen LogP contribution is -2.28. The van der Waals surface area contributed by atoms with Crippen LogP contribution in [-0.4, -0.2) is 34.5 Å². The fraction of sp³-hybridized carbons (Fsp3) is 0.355. The van der Waals surface area contributed by atoms with Crippen molar-refractivity contribution in [1.29, 1.82) is 0 Å². The highest BCUT2D eigenvalue weighted by Crippen LogP contribution is 2.32. The van der Waals surface area contributed by atoms with Gasteiger partial charge in [0.25, 0.3) is 11.5 Å². The Labute approximate surface area is 219 Å². The Balaban J connectivity index is 1.79. The lowest BCUT2D eigenvalue weighted by molar-refractivity contribution is 0.0952. The van der Waals surface area contributed by atoms with Crippen LogP contribution in [0.25, 0.3) is 22.0 Å². The summed E-state index contributed by atoms with van der Waals surface area (Å²) in [5.74, 6) is -0.171. The number of benzene rings is 2. The number of carbonyl (C=O) groups excluding carboxylic acids is 1. The second-order valence-electron chi connectivity index (χ2n) is 10.2. The van der Waals surface area contributed by atoms with Crippen LogP contribution in [0.2, 0.25) is 0 Å². The van der Waals surface area contributed by atoms with Crippen LogP contribution in [0.1, 0.15) is 58.6 Å². The van der Waals surface area contributed by atoms with Gasteiger partial charge < -0.3 is 19.8 Å². The maximum Gasteiger partial charge on any atom is 0.253 e. The van der Waals surface area contributed by atoms with Gasteiger partial charge in [-0.2, -0.15) is 0 Å². The number of carbonyl (C=O) groups is 1. The molecule has 2 heterocycles. The van der Waals surface area contributed by atoms with Crippen molar-refractivity contribution in [1.82, 2.24) is 19.8 Å². The van der Waals surface area contributed by atoms with Gasteiger partial charge in [0.2, 0.25) is 0 Å². The minimum Gasteiger partial charge on any atom is -0.348 e. The van der Waals surface area contributed by atoms with E-state index in [0.29, 0.717) is 11.1 Å². The van der Waals surface area contributed by atoms with Crippen LogP contribution in [0, 0.1) is 13.8 Å². The molecule has 2 aromatic heterocycles. The van der Waals surface area contributed by atoms with Gasteiger partial charge in [0.05, 0.1) is 0 Å². The number of aryl methyl sites for hydroxylation is 4. The first-order valence-electron chi connectivity index (χ1n) is 13.1. The summed E-state index contributed by atoms with van der Waals surface area (Å²) in [4.78, 5) is 31.3. The SMILES string of the molecule is CCCn1cc(C)c2c(C(=O)NCc3c(CC)cc(C)[nH]c3=O)cc(-c3cccc(CN(C)C)c3)cc21. The molecule has 4 aromatic rings. The third-order valence-electron chi connectivity index (χ3n) is 6.81. The number of nitrogens with zero attached hydrogens (tertiary/aromatic N) is 2. The number of fused-ring (bicyclic) bond motifs is 1. The molecule has 0 saturated carbocycles. The molecule has 0 aliphatic carbocycles. The molecule has 6 heteroatoms. The quantitative estimate of drug-likeness (QED) is 0.317. The first kappa shape index (κ1) is 26.4. The lowest BCUT2D eigenvalue weighted by atomic mass is 9.97. The summed E-state index contributed by atoms with van der Waals surface area (Å²) in [6, 6.07) is 14.7. The number of rotatable bonds is 9. The van der Waals surface area contributed by atoms with Gasteiger partial charge in [-0.15, -0.1) is 0 Å². The van der Waals surface area contributed by atoms with Gasteiger partial charge >= 0.3 is 0 Å². The molecule has 37 heavy (non-hydrogen) atoms. The fourth-order valence-corrected chi connectivity index (χ4v) is 5.18. The first-order chi connectivity index (χ1) is 17.7. The molecular weight excluding hydrogens is 460 g/mol. The summed E-state index contributed by atoms with van der Waals surface area (Å²) < 4.78 is 2.24. The molecule has 0 bridgehead atoms. The van der Waals surface area contributed by atoms with E-state index in [1.54, 1.807) is 0 Å². The van der Waals surface area contributed by atoms with Crippen molar-refractivity contribution in [2.24, 2.45) is 0 Å². The normalized spacial score (nSPS) is 11.4. The Morgan fingerprint density at radius 1 is 1.05 bits per heavy atom. The summed E-state index contributed by atoms with van der Waals surface area (Å²) in [7, 11) is 4.12. The zero-order valence-electron chi connectivity index (χ0n) is 22.9. The number of pyridine rings is 1. The van der Waals surface area contributed by atoms with Gasteiger partial charge in [-0.05, 0) is 92.9 Å². The molecule has 6 nitrogen and oxygen atoms in total. The van der Waals surface area contributed by atoms with Crippen molar-refractivity contribution >= 4 is 16.8 Å². The van der Waals surface area contributed by atoms with Crippen LogP contribution in [0.15, 0.2) is 53.5 Å². The van der Waals surface area contributed by atoms with E-state index in [4.69, 9.17) is 0 Å². The largest absolute Gasteiger partial charge is 0.348 e. The molecule has 2 N–H and O–H groups in total. The molecule has 0 spiro atoms. The van der Waals surface area contributed by atoms with Crippen molar-refractivity contribution in [3.8, 4) is 11.1 Å². The van der Waals surface area contributed by atoms with Crippen LogP contribution in [0.3, 0.4) is 0 Å². The Hall–Kier alpha value is -3.64. The van der Waals surface area contributed by atoms with Crippen LogP contribution < -0.4 is 10.9 Å². The number of hydrogen-bond acceptors (Lipinski definition) is 3. The van der Waals surface area contributed by atoms with E-state index >= 15 is 0 Å². The predicted octanol–water partition coefficient (Wildman–Crippen LogP) is 5.58. The summed E-state index contributed by atoms with van der Waals surface area (Å²) in [5.41, 5.74) is 8.35. The first-order valence-corrected chi connectivity index (χ1v) is 13.1. The highest BCUT2D eigenvalue weighted by atomic mass is 16.1. The molecule has 0 aliphatic heterocycles. The third-order valence-corrected chi connectivity index (χ3v) is 6.81. The average molecular weight is 499 g/mol. The zero-order chi connectivity index (χ0) is 26.7. The van der Waals surface area contributed by atoms with Gasteiger partial charge in [-0.3, -0.25) is 9.59 Å². The number of aromatic amines is 1. The zero-order valence-corrected chi connectivity index (χ0v) is 22.9. The van der Waals surface area contributed by atoms with Crippen molar-refractivity contribution in [3.63, 3.8) is 0 Å². The molecule has 0 atom stereocenters. The van der Waals surface area contributed by atoms with Gasteiger partial charge in [0.1, 0.15) is 0 Å². The molecule has 0 unspecified atom stereocenters. The smallest absolute Gasteiger partial charge is 0.253 e. The molecular formula is C31H38N4O2. The van der Waals surface area contributed by atoms with Crippen molar-refractivity contribution < 1.29 is 4.79 Å². The van der Waals surface area contributed by atoms with E-state index in [-0.39, 0.29) is 18.0 Å². The van der Waals surface area contributed by atoms with E-state index in [9.17, 15) is 9.59 Å². The van der Waals surface area contributed by atoms with E-state index in [0.717, 1.165) is 64.8 Å². The number of hydrogen-bond donors (Lipinski definition) is 2. The molecule has 194 valence electrons. The van der Waals surface area contributed by atoms with Crippen LogP contribution in [0.5, 0.6) is 0 Å². The summed E-state index contributed by atoms with van der Waals surface area (Å²) >= 11 is 0. The topological polar surface area (TPSA) is 70.1 Å². The predicted molar refractivity (Wildman–Crippen MR) is 152 cm³/mol. The molecule has 2 aromatic carbocycles.